The second kappa shape index (κ2) is 4.06. The summed E-state index contributed by atoms with van der Waals surface area (Å²) in [6, 6.07) is 5.97. The van der Waals surface area contributed by atoms with Gasteiger partial charge in [0.05, 0.1) is 7.11 Å². The lowest BCUT2D eigenvalue weighted by Crippen LogP contribution is -2.22. The van der Waals surface area contributed by atoms with Gasteiger partial charge in [-0.05, 0) is 29.7 Å². The molecule has 1 atom stereocenters. The maximum atomic E-state index is 11.2. The Hall–Kier alpha value is -1.51. The standard InChI is InChI=1S/C14H18O3/c1-9(15)17-13-12-7-11(16-4)6-5-10(12)8-14(13,2)3/h5-7,13H,8H2,1-4H3. The van der Waals surface area contributed by atoms with E-state index in [2.05, 4.69) is 19.9 Å². The molecule has 0 radical (unpaired) electrons. The van der Waals surface area contributed by atoms with E-state index < -0.39 is 0 Å². The normalized spacial score (nSPS) is 20.8. The molecule has 0 N–H and O–H groups in total. The monoisotopic (exact) mass is 234 g/mol. The molecule has 0 saturated heterocycles. The van der Waals surface area contributed by atoms with Crippen LogP contribution < -0.4 is 4.74 Å². The first-order valence-corrected chi connectivity index (χ1v) is 5.78. The van der Waals surface area contributed by atoms with Crippen LogP contribution in [0.15, 0.2) is 18.2 Å². The molecule has 0 aliphatic heterocycles. The average Bonchev–Trinajstić information content (AvgIpc) is 2.49. The Labute approximate surface area is 102 Å². The Morgan fingerprint density at radius 3 is 2.71 bits per heavy atom. The van der Waals surface area contributed by atoms with Crippen molar-refractivity contribution in [3.8, 4) is 5.75 Å². The minimum atomic E-state index is -0.237. The molecule has 1 aliphatic carbocycles. The molecular formula is C14H18O3. The Bertz CT molecular complexity index is 449. The minimum absolute atomic E-state index is 0.0552. The maximum Gasteiger partial charge on any atom is 0.303 e. The van der Waals surface area contributed by atoms with E-state index in [1.165, 1.54) is 12.5 Å². The van der Waals surface area contributed by atoms with E-state index in [0.717, 1.165) is 17.7 Å². The summed E-state index contributed by atoms with van der Waals surface area (Å²) in [4.78, 5) is 11.2. The van der Waals surface area contributed by atoms with Gasteiger partial charge in [-0.15, -0.1) is 0 Å². The number of carbonyl (C=O) groups is 1. The molecule has 0 fully saturated rings. The summed E-state index contributed by atoms with van der Waals surface area (Å²) in [6.45, 7) is 5.69. The van der Waals surface area contributed by atoms with Crippen LogP contribution in [-0.2, 0) is 16.0 Å². The van der Waals surface area contributed by atoms with E-state index >= 15 is 0 Å². The molecule has 1 aromatic carbocycles. The SMILES string of the molecule is COc1ccc2c(c1)C(OC(C)=O)C(C)(C)C2. The first kappa shape index (κ1) is 12.0. The Kier molecular flexibility index (Phi) is 2.86. The summed E-state index contributed by atoms with van der Waals surface area (Å²) in [5.74, 6) is 0.567. The highest BCUT2D eigenvalue weighted by Gasteiger charge is 2.41. The predicted octanol–water partition coefficient (Wildman–Crippen LogP) is 2.88. The smallest absolute Gasteiger partial charge is 0.303 e. The molecule has 17 heavy (non-hydrogen) atoms. The molecule has 1 unspecified atom stereocenters. The zero-order valence-corrected chi connectivity index (χ0v) is 10.7. The van der Waals surface area contributed by atoms with E-state index in [1.807, 2.05) is 12.1 Å². The van der Waals surface area contributed by atoms with Crippen LogP contribution in [0.5, 0.6) is 5.75 Å². The van der Waals surface area contributed by atoms with Gasteiger partial charge in [0, 0.05) is 12.3 Å². The maximum absolute atomic E-state index is 11.2. The molecule has 0 saturated carbocycles. The van der Waals surface area contributed by atoms with Crippen molar-refractivity contribution < 1.29 is 14.3 Å². The fourth-order valence-corrected chi connectivity index (χ4v) is 2.50. The fraction of sp³-hybridized carbons (Fsp3) is 0.500. The Morgan fingerprint density at radius 2 is 2.12 bits per heavy atom. The molecule has 2 rings (SSSR count). The van der Waals surface area contributed by atoms with Crippen molar-refractivity contribution in [1.29, 1.82) is 0 Å². The molecule has 1 aromatic rings. The molecule has 0 bridgehead atoms. The number of fused-ring (bicyclic) bond motifs is 1. The van der Waals surface area contributed by atoms with Crippen LogP contribution in [0, 0.1) is 5.41 Å². The first-order chi connectivity index (χ1) is 7.94. The van der Waals surface area contributed by atoms with Crippen molar-refractivity contribution >= 4 is 5.97 Å². The van der Waals surface area contributed by atoms with Gasteiger partial charge in [0.15, 0.2) is 0 Å². The van der Waals surface area contributed by atoms with Gasteiger partial charge < -0.3 is 9.47 Å². The largest absolute Gasteiger partial charge is 0.497 e. The van der Waals surface area contributed by atoms with E-state index in [4.69, 9.17) is 9.47 Å². The lowest BCUT2D eigenvalue weighted by atomic mass is 9.87. The minimum Gasteiger partial charge on any atom is -0.497 e. The van der Waals surface area contributed by atoms with Gasteiger partial charge in [0.1, 0.15) is 11.9 Å². The first-order valence-electron chi connectivity index (χ1n) is 5.78. The van der Waals surface area contributed by atoms with Gasteiger partial charge in [-0.1, -0.05) is 19.9 Å². The number of hydrogen-bond acceptors (Lipinski definition) is 3. The van der Waals surface area contributed by atoms with Gasteiger partial charge >= 0.3 is 5.97 Å². The summed E-state index contributed by atoms with van der Waals surface area (Å²) in [5, 5.41) is 0. The number of carbonyl (C=O) groups excluding carboxylic acids is 1. The van der Waals surface area contributed by atoms with Crippen LogP contribution in [0.25, 0.3) is 0 Å². The van der Waals surface area contributed by atoms with Gasteiger partial charge in [-0.2, -0.15) is 0 Å². The van der Waals surface area contributed by atoms with Crippen LogP contribution in [0.1, 0.15) is 38.0 Å². The van der Waals surface area contributed by atoms with Gasteiger partial charge in [0.2, 0.25) is 0 Å². The Balaban J connectivity index is 2.42. The molecule has 0 amide bonds. The summed E-state index contributed by atoms with van der Waals surface area (Å²) >= 11 is 0. The van der Waals surface area contributed by atoms with Crippen molar-refractivity contribution in [1.82, 2.24) is 0 Å². The van der Waals surface area contributed by atoms with E-state index in [-0.39, 0.29) is 17.5 Å². The van der Waals surface area contributed by atoms with Crippen molar-refractivity contribution in [2.75, 3.05) is 7.11 Å². The third-order valence-electron chi connectivity index (χ3n) is 3.28. The van der Waals surface area contributed by atoms with Gasteiger partial charge in [-0.3, -0.25) is 4.79 Å². The topological polar surface area (TPSA) is 35.5 Å². The fourth-order valence-electron chi connectivity index (χ4n) is 2.50. The number of methoxy groups -OCH3 is 1. The molecule has 3 heteroatoms. The summed E-state index contributed by atoms with van der Waals surface area (Å²) in [6.07, 6.45) is 0.745. The van der Waals surface area contributed by atoms with Crippen molar-refractivity contribution in [2.45, 2.75) is 33.3 Å². The highest BCUT2D eigenvalue weighted by atomic mass is 16.5. The van der Waals surface area contributed by atoms with Gasteiger partial charge in [0.25, 0.3) is 0 Å². The summed E-state index contributed by atoms with van der Waals surface area (Å²) < 4.78 is 10.7. The highest BCUT2D eigenvalue weighted by Crippen LogP contribution is 2.48. The third-order valence-corrected chi connectivity index (χ3v) is 3.28. The summed E-state index contributed by atoms with van der Waals surface area (Å²) in [5.41, 5.74) is 2.26. The molecule has 0 spiro atoms. The molecule has 0 aromatic heterocycles. The van der Waals surface area contributed by atoms with E-state index in [1.54, 1.807) is 7.11 Å². The lowest BCUT2D eigenvalue weighted by Gasteiger charge is -2.26. The average molecular weight is 234 g/mol. The van der Waals surface area contributed by atoms with Crippen molar-refractivity contribution in [3.63, 3.8) is 0 Å². The van der Waals surface area contributed by atoms with Crippen molar-refractivity contribution in [2.24, 2.45) is 5.41 Å². The third kappa shape index (κ3) is 2.14. The molecule has 1 aliphatic rings. The zero-order chi connectivity index (χ0) is 12.6. The lowest BCUT2D eigenvalue weighted by molar-refractivity contribution is -0.152. The van der Waals surface area contributed by atoms with Crippen LogP contribution >= 0.6 is 0 Å². The Morgan fingerprint density at radius 1 is 1.41 bits per heavy atom. The van der Waals surface area contributed by atoms with Crippen LogP contribution in [0.2, 0.25) is 0 Å². The number of esters is 1. The molecule has 0 heterocycles. The van der Waals surface area contributed by atoms with Crippen LogP contribution in [0.3, 0.4) is 0 Å². The highest BCUT2D eigenvalue weighted by molar-refractivity contribution is 5.66. The molecule has 92 valence electrons. The number of hydrogen-bond donors (Lipinski definition) is 0. The van der Waals surface area contributed by atoms with Crippen molar-refractivity contribution in [3.05, 3.63) is 29.3 Å². The predicted molar refractivity (Wildman–Crippen MR) is 65.0 cm³/mol. The number of ether oxygens (including phenoxy) is 2. The molecular weight excluding hydrogens is 216 g/mol. The van der Waals surface area contributed by atoms with E-state index in [0.29, 0.717) is 0 Å². The quantitative estimate of drug-likeness (QED) is 0.738. The second-order valence-electron chi connectivity index (χ2n) is 5.22. The van der Waals surface area contributed by atoms with Gasteiger partial charge in [-0.25, -0.2) is 0 Å². The molecule has 3 nitrogen and oxygen atoms in total. The summed E-state index contributed by atoms with van der Waals surface area (Å²) in [7, 11) is 1.64. The number of benzene rings is 1. The second-order valence-corrected chi connectivity index (χ2v) is 5.22. The zero-order valence-electron chi connectivity index (χ0n) is 10.7. The van der Waals surface area contributed by atoms with Crippen LogP contribution in [-0.4, -0.2) is 13.1 Å². The van der Waals surface area contributed by atoms with Crippen LogP contribution in [0.4, 0.5) is 0 Å². The number of rotatable bonds is 2. The van der Waals surface area contributed by atoms with E-state index in [9.17, 15) is 4.79 Å².